The Hall–Kier alpha value is -2.32. The van der Waals surface area contributed by atoms with Crippen LogP contribution >= 0.6 is 0 Å². The van der Waals surface area contributed by atoms with Crippen molar-refractivity contribution in [2.24, 2.45) is 17.6 Å². The van der Waals surface area contributed by atoms with E-state index in [-0.39, 0.29) is 18.7 Å². The Morgan fingerprint density at radius 2 is 2.00 bits per heavy atom. The van der Waals surface area contributed by atoms with E-state index in [0.717, 1.165) is 55.7 Å². The molecule has 8 nitrogen and oxygen atoms in total. The SMILES string of the molecule is CC(C)(C)OC(=O)N1CCN(c2cccnc2/C(=C/N[C@H]2C[C@H](CO)C2)C(N)C2CC2)CC1. The maximum atomic E-state index is 12.5. The van der Waals surface area contributed by atoms with Crippen molar-refractivity contribution >= 4 is 17.4 Å². The van der Waals surface area contributed by atoms with Gasteiger partial charge < -0.3 is 30.7 Å². The standard InChI is InChI=1S/C25H39N5O3/c1-25(2,3)33-24(32)30-11-9-29(10-12-30)21-5-4-8-27-23(21)20(22(26)18-6-7-18)15-28-19-13-17(14-19)16-31/h4-5,8,15,17-19,22,28,31H,6-7,9-14,16,26H2,1-3H3/b20-15+/t17-,19-,22?. The summed E-state index contributed by atoms with van der Waals surface area (Å²) in [7, 11) is 0. The zero-order valence-electron chi connectivity index (χ0n) is 20.2. The lowest BCUT2D eigenvalue weighted by Gasteiger charge is -2.38. The molecule has 3 fully saturated rings. The molecule has 1 aromatic rings. The van der Waals surface area contributed by atoms with Crippen LogP contribution in [0.4, 0.5) is 10.5 Å². The van der Waals surface area contributed by atoms with Crippen molar-refractivity contribution in [2.75, 3.05) is 37.7 Å². The van der Waals surface area contributed by atoms with E-state index >= 15 is 0 Å². The number of anilines is 1. The molecule has 4 N–H and O–H groups in total. The first kappa shape index (κ1) is 23.8. The van der Waals surface area contributed by atoms with Gasteiger partial charge in [-0.3, -0.25) is 4.98 Å². The van der Waals surface area contributed by atoms with Gasteiger partial charge >= 0.3 is 6.09 Å². The third-order valence-corrected chi connectivity index (χ3v) is 6.79. The average Bonchev–Trinajstić information content (AvgIpc) is 3.59. The quantitative estimate of drug-likeness (QED) is 0.578. The molecule has 1 amide bonds. The van der Waals surface area contributed by atoms with E-state index in [2.05, 4.69) is 22.5 Å². The monoisotopic (exact) mass is 457 g/mol. The summed E-state index contributed by atoms with van der Waals surface area (Å²) in [5, 5.41) is 12.8. The molecular formula is C25H39N5O3. The number of rotatable bonds is 7. The van der Waals surface area contributed by atoms with Gasteiger partial charge in [0.2, 0.25) is 0 Å². The lowest BCUT2D eigenvalue weighted by Crippen LogP contribution is -2.50. The number of aliphatic hydroxyl groups is 1. The summed E-state index contributed by atoms with van der Waals surface area (Å²) in [5.41, 5.74) is 9.24. The van der Waals surface area contributed by atoms with Crippen LogP contribution in [-0.2, 0) is 4.74 Å². The van der Waals surface area contributed by atoms with Crippen LogP contribution in [0.2, 0.25) is 0 Å². The highest BCUT2D eigenvalue weighted by Gasteiger charge is 2.35. The predicted molar refractivity (Wildman–Crippen MR) is 130 cm³/mol. The minimum Gasteiger partial charge on any atom is -0.444 e. The first-order valence-corrected chi connectivity index (χ1v) is 12.3. The number of piperazine rings is 1. The fourth-order valence-corrected chi connectivity index (χ4v) is 4.59. The van der Waals surface area contributed by atoms with Crippen LogP contribution < -0.4 is 16.0 Å². The Bertz CT molecular complexity index is 850. The predicted octanol–water partition coefficient (Wildman–Crippen LogP) is 2.58. The molecule has 3 aliphatic rings. The zero-order chi connectivity index (χ0) is 23.6. The molecule has 1 aromatic heterocycles. The van der Waals surface area contributed by atoms with Crippen molar-refractivity contribution < 1.29 is 14.6 Å². The average molecular weight is 458 g/mol. The Balaban J connectivity index is 1.47. The molecule has 2 aliphatic carbocycles. The van der Waals surface area contributed by atoms with Crippen molar-refractivity contribution in [3.05, 3.63) is 30.2 Å². The Kier molecular flexibility index (Phi) is 7.14. The minimum atomic E-state index is -0.492. The van der Waals surface area contributed by atoms with E-state index in [1.807, 2.05) is 33.0 Å². The van der Waals surface area contributed by atoms with Gasteiger partial charge in [-0.1, -0.05) is 0 Å². The molecule has 182 valence electrons. The largest absolute Gasteiger partial charge is 0.444 e. The number of hydrogen-bond donors (Lipinski definition) is 3. The minimum absolute atomic E-state index is 0.0529. The fraction of sp³-hybridized carbons (Fsp3) is 0.680. The summed E-state index contributed by atoms with van der Waals surface area (Å²) in [6.07, 6.45) is 7.94. The number of amides is 1. The van der Waals surface area contributed by atoms with E-state index in [4.69, 9.17) is 15.5 Å². The Morgan fingerprint density at radius 3 is 2.61 bits per heavy atom. The van der Waals surface area contributed by atoms with Gasteiger partial charge in [-0.05, 0) is 70.4 Å². The molecule has 2 heterocycles. The molecule has 1 saturated heterocycles. The lowest BCUT2D eigenvalue weighted by atomic mass is 9.81. The molecule has 0 aromatic carbocycles. The Labute approximate surface area is 197 Å². The summed E-state index contributed by atoms with van der Waals surface area (Å²) < 4.78 is 5.54. The van der Waals surface area contributed by atoms with Crippen molar-refractivity contribution in [2.45, 2.75) is 64.1 Å². The van der Waals surface area contributed by atoms with Crippen molar-refractivity contribution in [1.29, 1.82) is 0 Å². The van der Waals surface area contributed by atoms with Gasteiger partial charge in [-0.25, -0.2) is 4.79 Å². The summed E-state index contributed by atoms with van der Waals surface area (Å²) in [6.45, 7) is 8.59. The van der Waals surface area contributed by atoms with Crippen LogP contribution in [0.1, 0.15) is 52.1 Å². The van der Waals surface area contributed by atoms with Gasteiger partial charge in [0.25, 0.3) is 0 Å². The summed E-state index contributed by atoms with van der Waals surface area (Å²) in [5.74, 6) is 0.909. The van der Waals surface area contributed by atoms with E-state index in [9.17, 15) is 9.90 Å². The molecule has 1 atom stereocenters. The van der Waals surface area contributed by atoms with E-state index in [1.165, 1.54) is 0 Å². The van der Waals surface area contributed by atoms with Gasteiger partial charge in [0.1, 0.15) is 5.60 Å². The number of aliphatic hydroxyl groups excluding tert-OH is 1. The summed E-state index contributed by atoms with van der Waals surface area (Å²) in [6, 6.07) is 4.39. The number of pyridine rings is 1. The first-order chi connectivity index (χ1) is 15.7. The highest BCUT2D eigenvalue weighted by Crippen LogP contribution is 2.39. The molecule has 4 rings (SSSR count). The maximum Gasteiger partial charge on any atom is 0.410 e. The summed E-state index contributed by atoms with van der Waals surface area (Å²) in [4.78, 5) is 21.3. The van der Waals surface area contributed by atoms with Crippen molar-refractivity contribution in [1.82, 2.24) is 15.2 Å². The maximum absolute atomic E-state index is 12.5. The molecule has 0 bridgehead atoms. The molecule has 0 spiro atoms. The normalized spacial score (nSPS) is 24.8. The first-order valence-electron chi connectivity index (χ1n) is 12.3. The van der Waals surface area contributed by atoms with Gasteiger partial charge in [-0.2, -0.15) is 0 Å². The van der Waals surface area contributed by atoms with Gasteiger partial charge in [0, 0.05) is 62.8 Å². The second-order valence-electron chi connectivity index (χ2n) is 10.7. The number of hydrogen-bond acceptors (Lipinski definition) is 7. The molecule has 0 radical (unpaired) electrons. The Morgan fingerprint density at radius 1 is 1.30 bits per heavy atom. The van der Waals surface area contributed by atoms with Crippen LogP contribution in [0.5, 0.6) is 0 Å². The second-order valence-corrected chi connectivity index (χ2v) is 10.7. The fourth-order valence-electron chi connectivity index (χ4n) is 4.59. The molecule has 8 heteroatoms. The molecule has 2 saturated carbocycles. The van der Waals surface area contributed by atoms with Gasteiger partial charge in [-0.15, -0.1) is 0 Å². The number of ether oxygens (including phenoxy) is 1. The lowest BCUT2D eigenvalue weighted by molar-refractivity contribution is 0.0240. The van der Waals surface area contributed by atoms with Crippen LogP contribution in [0, 0.1) is 11.8 Å². The topological polar surface area (TPSA) is 104 Å². The van der Waals surface area contributed by atoms with Crippen molar-refractivity contribution in [3.8, 4) is 0 Å². The van der Waals surface area contributed by atoms with Crippen LogP contribution in [-0.4, -0.2) is 71.6 Å². The third kappa shape index (κ3) is 5.98. The van der Waals surface area contributed by atoms with Crippen molar-refractivity contribution in [3.63, 3.8) is 0 Å². The smallest absolute Gasteiger partial charge is 0.410 e. The van der Waals surface area contributed by atoms with Crippen LogP contribution in [0.3, 0.4) is 0 Å². The van der Waals surface area contributed by atoms with Crippen LogP contribution in [0.15, 0.2) is 24.5 Å². The number of carbonyl (C=O) groups excluding carboxylic acids is 1. The third-order valence-electron chi connectivity index (χ3n) is 6.79. The van der Waals surface area contributed by atoms with Crippen LogP contribution in [0.25, 0.3) is 5.57 Å². The number of carbonyl (C=O) groups is 1. The number of nitrogens with one attached hydrogen (secondary N) is 1. The van der Waals surface area contributed by atoms with E-state index < -0.39 is 5.60 Å². The van der Waals surface area contributed by atoms with Gasteiger partial charge in [0.05, 0.1) is 11.4 Å². The highest BCUT2D eigenvalue weighted by molar-refractivity contribution is 5.77. The van der Waals surface area contributed by atoms with E-state index in [1.54, 1.807) is 4.90 Å². The molecular weight excluding hydrogens is 418 g/mol. The molecule has 33 heavy (non-hydrogen) atoms. The zero-order valence-corrected chi connectivity index (χ0v) is 20.2. The number of nitrogens with two attached hydrogens (primary N) is 1. The van der Waals surface area contributed by atoms with Gasteiger partial charge in [0.15, 0.2) is 0 Å². The molecule has 1 aliphatic heterocycles. The number of aromatic nitrogens is 1. The second kappa shape index (κ2) is 9.89. The molecule has 1 unspecified atom stereocenters. The highest BCUT2D eigenvalue weighted by atomic mass is 16.6. The summed E-state index contributed by atoms with van der Waals surface area (Å²) >= 11 is 0. The number of nitrogens with zero attached hydrogens (tertiary/aromatic N) is 3. The van der Waals surface area contributed by atoms with E-state index in [0.29, 0.717) is 31.0 Å².